The van der Waals surface area contributed by atoms with Crippen LogP contribution in [0.15, 0.2) is 60.7 Å². The van der Waals surface area contributed by atoms with Gasteiger partial charge in [-0.25, -0.2) is 0 Å². The minimum atomic E-state index is 0.0545. The molecule has 3 aromatic rings. The predicted octanol–water partition coefficient (Wildman–Crippen LogP) is 4.21. The third-order valence-electron chi connectivity index (χ3n) is 7.63. The highest BCUT2D eigenvalue weighted by molar-refractivity contribution is 5.85. The molecule has 0 radical (unpaired) electrons. The van der Waals surface area contributed by atoms with Gasteiger partial charge in [-0.05, 0) is 74.0 Å². The Bertz CT molecular complexity index is 1180. The monoisotopic (exact) mass is 486 g/mol. The molecule has 1 fully saturated rings. The number of piperazine rings is 1. The second kappa shape index (κ2) is 12.0. The van der Waals surface area contributed by atoms with Crippen molar-refractivity contribution in [3.05, 3.63) is 82.9 Å². The molecule has 5 nitrogen and oxygen atoms in total. The summed E-state index contributed by atoms with van der Waals surface area (Å²) in [6.07, 6.45) is 3.24. The molecule has 3 unspecified atom stereocenters. The Morgan fingerprint density at radius 3 is 2.56 bits per heavy atom. The molecule has 4 N–H and O–H groups in total. The van der Waals surface area contributed by atoms with Crippen molar-refractivity contribution in [1.29, 1.82) is 0 Å². The van der Waals surface area contributed by atoms with E-state index in [-0.39, 0.29) is 24.0 Å². The first kappa shape index (κ1) is 26.3. The highest BCUT2D eigenvalue weighted by Gasteiger charge is 2.34. The minimum absolute atomic E-state index is 0.0545. The summed E-state index contributed by atoms with van der Waals surface area (Å²) in [7, 11) is 0. The highest BCUT2D eigenvalue weighted by atomic mass is 16.2. The first-order valence-corrected chi connectivity index (χ1v) is 13.4. The molecule has 36 heavy (non-hydrogen) atoms. The Kier molecular flexibility index (Phi) is 8.78. The molecule has 1 saturated heterocycles. The zero-order valence-electron chi connectivity index (χ0n) is 22.1. The van der Waals surface area contributed by atoms with Gasteiger partial charge in [0.15, 0.2) is 0 Å². The standard InChI is InChI=1S/C31H42N4O/c1-22-10-12-27(23(2)15-22)18-29(33)20-34-19-24(3)35(21-30(34)9-6-14-32)31(36)17-25-11-13-26-7-4-5-8-28(26)16-25/h4-5,7-8,10-13,15-16,24,29-30H,6,9,14,17-21,32-33H2,1-3H3. The van der Waals surface area contributed by atoms with Crippen molar-refractivity contribution in [2.24, 2.45) is 11.5 Å². The molecule has 0 aliphatic carbocycles. The van der Waals surface area contributed by atoms with Crippen molar-refractivity contribution in [3.8, 4) is 0 Å². The number of carbonyl (C=O) groups excluding carboxylic acids is 1. The number of carbonyl (C=O) groups is 1. The van der Waals surface area contributed by atoms with Gasteiger partial charge < -0.3 is 16.4 Å². The molecular weight excluding hydrogens is 444 g/mol. The van der Waals surface area contributed by atoms with Gasteiger partial charge in [-0.15, -0.1) is 0 Å². The average Bonchev–Trinajstić information content (AvgIpc) is 2.85. The van der Waals surface area contributed by atoms with Crippen LogP contribution in [0, 0.1) is 13.8 Å². The SMILES string of the molecule is Cc1ccc(CC(N)CN2CC(C)N(C(=O)Cc3ccc4ccccc4c3)CC2CCCN)c(C)c1. The van der Waals surface area contributed by atoms with Crippen LogP contribution in [0.2, 0.25) is 0 Å². The van der Waals surface area contributed by atoms with Crippen LogP contribution in [0.5, 0.6) is 0 Å². The Morgan fingerprint density at radius 1 is 1.03 bits per heavy atom. The summed E-state index contributed by atoms with van der Waals surface area (Å²) < 4.78 is 0. The molecule has 1 aliphatic heterocycles. The summed E-state index contributed by atoms with van der Waals surface area (Å²) in [5.74, 6) is 0.203. The Labute approximate surface area is 216 Å². The molecule has 192 valence electrons. The Balaban J connectivity index is 1.41. The van der Waals surface area contributed by atoms with E-state index in [1.807, 2.05) is 12.1 Å². The van der Waals surface area contributed by atoms with Crippen LogP contribution >= 0.6 is 0 Å². The van der Waals surface area contributed by atoms with Crippen LogP contribution < -0.4 is 11.5 Å². The zero-order valence-corrected chi connectivity index (χ0v) is 22.1. The quantitative estimate of drug-likeness (QED) is 0.475. The first-order chi connectivity index (χ1) is 17.3. The van der Waals surface area contributed by atoms with E-state index in [1.165, 1.54) is 27.5 Å². The zero-order chi connectivity index (χ0) is 25.7. The molecule has 4 rings (SSSR count). The maximum Gasteiger partial charge on any atom is 0.227 e. The van der Waals surface area contributed by atoms with Gasteiger partial charge in [-0.2, -0.15) is 0 Å². The van der Waals surface area contributed by atoms with Crippen molar-refractivity contribution in [2.75, 3.05) is 26.2 Å². The van der Waals surface area contributed by atoms with Gasteiger partial charge in [0.05, 0.1) is 6.42 Å². The van der Waals surface area contributed by atoms with E-state index in [9.17, 15) is 4.79 Å². The van der Waals surface area contributed by atoms with Crippen LogP contribution in [0.3, 0.4) is 0 Å². The van der Waals surface area contributed by atoms with Crippen LogP contribution in [-0.4, -0.2) is 60.0 Å². The molecule has 0 spiro atoms. The van der Waals surface area contributed by atoms with E-state index >= 15 is 0 Å². The maximum atomic E-state index is 13.4. The first-order valence-electron chi connectivity index (χ1n) is 13.4. The lowest BCUT2D eigenvalue weighted by Crippen LogP contribution is -2.61. The summed E-state index contributed by atoms with van der Waals surface area (Å²) in [6.45, 7) is 9.55. The number of nitrogens with two attached hydrogens (primary N) is 2. The largest absolute Gasteiger partial charge is 0.337 e. The Morgan fingerprint density at radius 2 is 1.81 bits per heavy atom. The molecule has 1 heterocycles. The fraction of sp³-hybridized carbons (Fsp3) is 0.452. The lowest BCUT2D eigenvalue weighted by atomic mass is 9.97. The van der Waals surface area contributed by atoms with Gasteiger partial charge >= 0.3 is 0 Å². The molecule has 0 saturated carbocycles. The van der Waals surface area contributed by atoms with Gasteiger partial charge in [0.1, 0.15) is 0 Å². The third kappa shape index (κ3) is 6.52. The van der Waals surface area contributed by atoms with E-state index in [4.69, 9.17) is 11.5 Å². The van der Waals surface area contributed by atoms with E-state index in [0.717, 1.165) is 44.5 Å². The van der Waals surface area contributed by atoms with E-state index in [1.54, 1.807) is 0 Å². The van der Waals surface area contributed by atoms with Crippen molar-refractivity contribution in [3.63, 3.8) is 0 Å². The van der Waals surface area contributed by atoms with Crippen molar-refractivity contribution >= 4 is 16.7 Å². The van der Waals surface area contributed by atoms with Gasteiger partial charge in [0.25, 0.3) is 0 Å². The van der Waals surface area contributed by atoms with Crippen molar-refractivity contribution in [2.45, 2.75) is 64.6 Å². The minimum Gasteiger partial charge on any atom is -0.337 e. The van der Waals surface area contributed by atoms with E-state index in [2.05, 4.69) is 79.1 Å². The van der Waals surface area contributed by atoms with Gasteiger partial charge in [0, 0.05) is 37.8 Å². The van der Waals surface area contributed by atoms with E-state index in [0.29, 0.717) is 13.0 Å². The second-order valence-electron chi connectivity index (χ2n) is 10.7. The van der Waals surface area contributed by atoms with Gasteiger partial charge in [0.2, 0.25) is 5.91 Å². The fourth-order valence-electron chi connectivity index (χ4n) is 5.66. The molecular formula is C31H42N4O. The molecule has 3 aromatic carbocycles. The van der Waals surface area contributed by atoms with Crippen LogP contribution in [-0.2, 0) is 17.6 Å². The molecule has 0 bridgehead atoms. The smallest absolute Gasteiger partial charge is 0.227 e. The van der Waals surface area contributed by atoms with Crippen molar-refractivity contribution in [1.82, 2.24) is 9.80 Å². The summed E-state index contributed by atoms with van der Waals surface area (Å²) in [6, 6.07) is 21.7. The molecule has 1 aliphatic rings. The third-order valence-corrected chi connectivity index (χ3v) is 7.63. The van der Waals surface area contributed by atoms with Gasteiger partial charge in [-0.1, -0.05) is 66.2 Å². The predicted molar refractivity (Wildman–Crippen MR) is 150 cm³/mol. The number of aryl methyl sites for hydroxylation is 2. The number of hydrogen-bond acceptors (Lipinski definition) is 4. The lowest BCUT2D eigenvalue weighted by molar-refractivity contribution is -0.136. The molecule has 5 heteroatoms. The fourth-order valence-corrected chi connectivity index (χ4v) is 5.66. The number of nitrogens with zero attached hydrogens (tertiary/aromatic N) is 2. The summed E-state index contributed by atoms with van der Waals surface area (Å²) in [4.78, 5) is 18.0. The Hall–Kier alpha value is -2.73. The van der Waals surface area contributed by atoms with Crippen LogP contribution in [0.4, 0.5) is 0 Å². The van der Waals surface area contributed by atoms with Crippen molar-refractivity contribution < 1.29 is 4.79 Å². The van der Waals surface area contributed by atoms with Crippen LogP contribution in [0.1, 0.15) is 42.0 Å². The topological polar surface area (TPSA) is 75.6 Å². The number of amides is 1. The summed E-state index contributed by atoms with van der Waals surface area (Å²) >= 11 is 0. The summed E-state index contributed by atoms with van der Waals surface area (Å²) in [5.41, 5.74) is 17.5. The van der Waals surface area contributed by atoms with Crippen LogP contribution in [0.25, 0.3) is 10.8 Å². The molecule has 0 aromatic heterocycles. The molecule has 3 atom stereocenters. The van der Waals surface area contributed by atoms with E-state index < -0.39 is 0 Å². The normalized spacial score (nSPS) is 19.5. The maximum absolute atomic E-state index is 13.4. The average molecular weight is 487 g/mol. The van der Waals surface area contributed by atoms with Gasteiger partial charge in [-0.3, -0.25) is 9.69 Å². The number of rotatable bonds is 9. The number of benzene rings is 3. The summed E-state index contributed by atoms with van der Waals surface area (Å²) in [5, 5.41) is 2.38. The lowest BCUT2D eigenvalue weighted by Gasteiger charge is -2.46. The second-order valence-corrected chi connectivity index (χ2v) is 10.7. The molecule has 1 amide bonds. The number of hydrogen-bond donors (Lipinski definition) is 2. The number of fused-ring (bicyclic) bond motifs is 1. The highest BCUT2D eigenvalue weighted by Crippen LogP contribution is 2.22.